The van der Waals surface area contributed by atoms with Gasteiger partial charge in [0.2, 0.25) is 0 Å². The molecule has 1 N–H and O–H groups in total. The lowest BCUT2D eigenvalue weighted by atomic mass is 9.87. The quantitative estimate of drug-likeness (QED) is 0.890. The molecule has 1 saturated carbocycles. The lowest BCUT2D eigenvalue weighted by Gasteiger charge is -2.27. The topological polar surface area (TPSA) is 30.5 Å². The average molecular weight is 298 g/mol. The van der Waals surface area contributed by atoms with E-state index in [1.54, 1.807) is 14.2 Å². The predicted molar refractivity (Wildman–Crippen MR) is 82.8 cm³/mol. The van der Waals surface area contributed by atoms with E-state index in [0.29, 0.717) is 22.6 Å². The Kier molecular flexibility index (Phi) is 5.55. The third-order valence-corrected chi connectivity index (χ3v) is 4.38. The minimum absolute atomic E-state index is 0.598. The summed E-state index contributed by atoms with van der Waals surface area (Å²) in [5, 5.41) is 4.22. The highest BCUT2D eigenvalue weighted by Gasteiger charge is 2.18. The number of hydrogen-bond donors (Lipinski definition) is 1. The smallest absolute Gasteiger partial charge is 0.179 e. The number of halogens is 1. The van der Waals surface area contributed by atoms with Gasteiger partial charge in [0.1, 0.15) is 0 Å². The summed E-state index contributed by atoms with van der Waals surface area (Å²) in [4.78, 5) is 0. The highest BCUT2D eigenvalue weighted by molar-refractivity contribution is 6.32. The van der Waals surface area contributed by atoms with E-state index in [-0.39, 0.29) is 0 Å². The van der Waals surface area contributed by atoms with Crippen molar-refractivity contribution in [1.82, 2.24) is 5.32 Å². The molecule has 0 spiro atoms. The molecule has 0 atom stereocenters. The van der Waals surface area contributed by atoms with E-state index >= 15 is 0 Å². The minimum atomic E-state index is 0.598. The van der Waals surface area contributed by atoms with E-state index in [1.807, 2.05) is 12.1 Å². The van der Waals surface area contributed by atoms with Gasteiger partial charge in [0, 0.05) is 12.6 Å². The van der Waals surface area contributed by atoms with Gasteiger partial charge >= 0.3 is 0 Å². The van der Waals surface area contributed by atoms with Crippen molar-refractivity contribution >= 4 is 11.6 Å². The Balaban J connectivity index is 1.97. The van der Waals surface area contributed by atoms with E-state index in [0.717, 1.165) is 18.0 Å². The van der Waals surface area contributed by atoms with Gasteiger partial charge in [-0.2, -0.15) is 0 Å². The van der Waals surface area contributed by atoms with Crippen LogP contribution < -0.4 is 14.8 Å². The Morgan fingerprint density at radius 1 is 1.15 bits per heavy atom. The van der Waals surface area contributed by atoms with Crippen LogP contribution in [0.4, 0.5) is 0 Å². The number of benzene rings is 1. The fourth-order valence-corrected chi connectivity index (χ4v) is 3.11. The molecule has 0 amide bonds. The second-order valence-corrected chi connectivity index (χ2v) is 6.06. The van der Waals surface area contributed by atoms with E-state index in [4.69, 9.17) is 21.1 Å². The highest BCUT2D eigenvalue weighted by Crippen LogP contribution is 2.36. The molecule has 0 saturated heterocycles. The Labute approximate surface area is 126 Å². The normalized spacial score (nSPS) is 22.6. The predicted octanol–water partition coefficient (Wildman–Crippen LogP) is 4.03. The van der Waals surface area contributed by atoms with Crippen LogP contribution >= 0.6 is 11.6 Å². The summed E-state index contributed by atoms with van der Waals surface area (Å²) in [5.41, 5.74) is 1.13. The molecule has 0 aliphatic heterocycles. The average Bonchev–Trinajstić information content (AvgIpc) is 2.46. The zero-order chi connectivity index (χ0) is 14.5. The van der Waals surface area contributed by atoms with Crippen LogP contribution in [0.1, 0.15) is 38.2 Å². The van der Waals surface area contributed by atoms with Gasteiger partial charge < -0.3 is 14.8 Å². The zero-order valence-corrected chi connectivity index (χ0v) is 13.3. The maximum Gasteiger partial charge on any atom is 0.179 e. The van der Waals surface area contributed by atoms with Crippen LogP contribution in [0.15, 0.2) is 12.1 Å². The SMILES string of the molecule is COc1cc(CNC2CCC(C)CC2)cc(Cl)c1OC. The van der Waals surface area contributed by atoms with Crippen molar-refractivity contribution in [3.05, 3.63) is 22.7 Å². The molecule has 0 bridgehead atoms. The van der Waals surface area contributed by atoms with Crippen molar-refractivity contribution in [3.63, 3.8) is 0 Å². The summed E-state index contributed by atoms with van der Waals surface area (Å²) in [7, 11) is 3.23. The van der Waals surface area contributed by atoms with Crippen LogP contribution in [0, 0.1) is 5.92 Å². The number of methoxy groups -OCH3 is 2. The molecule has 1 aliphatic rings. The summed E-state index contributed by atoms with van der Waals surface area (Å²) in [5.74, 6) is 2.17. The van der Waals surface area contributed by atoms with Crippen molar-refractivity contribution in [2.45, 2.75) is 45.2 Å². The van der Waals surface area contributed by atoms with Crippen molar-refractivity contribution in [1.29, 1.82) is 0 Å². The van der Waals surface area contributed by atoms with Gasteiger partial charge in [-0.05, 0) is 49.3 Å². The van der Waals surface area contributed by atoms with Gasteiger partial charge in [0.05, 0.1) is 19.2 Å². The minimum Gasteiger partial charge on any atom is -0.493 e. The van der Waals surface area contributed by atoms with E-state index in [2.05, 4.69) is 12.2 Å². The van der Waals surface area contributed by atoms with Gasteiger partial charge in [-0.1, -0.05) is 18.5 Å². The van der Waals surface area contributed by atoms with Gasteiger partial charge in [-0.3, -0.25) is 0 Å². The molecule has 0 radical (unpaired) electrons. The number of hydrogen-bond acceptors (Lipinski definition) is 3. The molecule has 2 rings (SSSR count). The van der Waals surface area contributed by atoms with E-state index in [1.165, 1.54) is 25.7 Å². The Morgan fingerprint density at radius 2 is 1.85 bits per heavy atom. The fraction of sp³-hybridized carbons (Fsp3) is 0.625. The molecule has 1 fully saturated rings. The van der Waals surface area contributed by atoms with Crippen molar-refractivity contribution in [2.24, 2.45) is 5.92 Å². The standard InChI is InChI=1S/C16H24ClNO2/c1-11-4-6-13(7-5-11)18-10-12-8-14(17)16(20-3)15(9-12)19-2/h8-9,11,13,18H,4-7,10H2,1-3H3. The van der Waals surface area contributed by atoms with Crippen LogP contribution in [0.25, 0.3) is 0 Å². The fourth-order valence-electron chi connectivity index (χ4n) is 2.80. The lowest BCUT2D eigenvalue weighted by Crippen LogP contribution is -2.32. The van der Waals surface area contributed by atoms with Crippen molar-refractivity contribution in [2.75, 3.05) is 14.2 Å². The van der Waals surface area contributed by atoms with Crippen LogP contribution in [0.2, 0.25) is 5.02 Å². The Bertz CT molecular complexity index is 442. The van der Waals surface area contributed by atoms with Crippen molar-refractivity contribution < 1.29 is 9.47 Å². The first-order valence-electron chi connectivity index (χ1n) is 7.27. The largest absolute Gasteiger partial charge is 0.493 e. The summed E-state index contributed by atoms with van der Waals surface area (Å²) in [6, 6.07) is 4.56. The number of ether oxygens (including phenoxy) is 2. The first-order valence-corrected chi connectivity index (χ1v) is 7.65. The molecule has 1 aromatic carbocycles. The van der Waals surface area contributed by atoms with Gasteiger partial charge in [0.15, 0.2) is 11.5 Å². The second kappa shape index (κ2) is 7.19. The molecular weight excluding hydrogens is 274 g/mol. The van der Waals surface area contributed by atoms with Gasteiger partial charge in [-0.25, -0.2) is 0 Å². The third-order valence-electron chi connectivity index (χ3n) is 4.10. The molecule has 0 unspecified atom stereocenters. The summed E-state index contributed by atoms with van der Waals surface area (Å²) >= 11 is 6.22. The first kappa shape index (κ1) is 15.5. The monoisotopic (exact) mass is 297 g/mol. The molecule has 0 heterocycles. The van der Waals surface area contributed by atoms with Crippen LogP contribution in [0.5, 0.6) is 11.5 Å². The van der Waals surface area contributed by atoms with Crippen LogP contribution in [-0.2, 0) is 6.54 Å². The van der Waals surface area contributed by atoms with E-state index in [9.17, 15) is 0 Å². The Hall–Kier alpha value is -0.930. The Morgan fingerprint density at radius 3 is 2.45 bits per heavy atom. The van der Waals surface area contributed by atoms with E-state index < -0.39 is 0 Å². The summed E-state index contributed by atoms with van der Waals surface area (Å²) in [6.07, 6.45) is 5.18. The molecule has 1 aliphatic carbocycles. The highest BCUT2D eigenvalue weighted by atomic mass is 35.5. The first-order chi connectivity index (χ1) is 9.63. The van der Waals surface area contributed by atoms with Gasteiger partial charge in [-0.15, -0.1) is 0 Å². The molecule has 20 heavy (non-hydrogen) atoms. The maximum absolute atomic E-state index is 6.22. The lowest BCUT2D eigenvalue weighted by molar-refractivity contribution is 0.306. The van der Waals surface area contributed by atoms with Crippen LogP contribution in [0.3, 0.4) is 0 Å². The zero-order valence-electron chi connectivity index (χ0n) is 12.5. The molecule has 112 valence electrons. The third kappa shape index (κ3) is 3.80. The number of nitrogens with one attached hydrogen (secondary N) is 1. The molecule has 4 heteroatoms. The molecule has 3 nitrogen and oxygen atoms in total. The maximum atomic E-state index is 6.22. The van der Waals surface area contributed by atoms with Gasteiger partial charge in [0.25, 0.3) is 0 Å². The van der Waals surface area contributed by atoms with Crippen LogP contribution in [-0.4, -0.2) is 20.3 Å². The summed E-state index contributed by atoms with van der Waals surface area (Å²) < 4.78 is 10.6. The number of rotatable bonds is 5. The molecule has 1 aromatic rings. The molecule has 0 aromatic heterocycles. The second-order valence-electron chi connectivity index (χ2n) is 5.65. The molecular formula is C16H24ClNO2. The summed E-state index contributed by atoms with van der Waals surface area (Å²) in [6.45, 7) is 3.16. The van der Waals surface area contributed by atoms with Crippen molar-refractivity contribution in [3.8, 4) is 11.5 Å².